The van der Waals surface area contributed by atoms with Crippen molar-refractivity contribution in [2.45, 2.75) is 13.8 Å². The highest BCUT2D eigenvalue weighted by Crippen LogP contribution is 2.29. The number of ether oxygens (including phenoxy) is 1. The first-order chi connectivity index (χ1) is 8.04. The largest absolute Gasteiger partial charge is 0.494 e. The highest BCUT2D eigenvalue weighted by molar-refractivity contribution is 7.80. The predicted octanol–water partition coefficient (Wildman–Crippen LogP) is 2.49. The number of fused-ring (bicyclic) bond motifs is 1. The summed E-state index contributed by atoms with van der Waals surface area (Å²) in [5, 5.41) is 0.974. The number of pyridine rings is 1. The van der Waals surface area contributed by atoms with Crippen LogP contribution in [-0.2, 0) is 0 Å². The summed E-state index contributed by atoms with van der Waals surface area (Å²) in [6.07, 6.45) is 0. The van der Waals surface area contributed by atoms with Gasteiger partial charge in [0.2, 0.25) is 0 Å². The molecule has 1 aromatic heterocycles. The maximum Gasteiger partial charge on any atom is 0.145 e. The van der Waals surface area contributed by atoms with E-state index in [1.165, 1.54) is 0 Å². The molecule has 0 aliphatic carbocycles. The molecule has 0 aliphatic heterocycles. The van der Waals surface area contributed by atoms with E-state index in [0.717, 1.165) is 33.5 Å². The molecule has 0 saturated heterocycles. The Morgan fingerprint density at radius 1 is 1.35 bits per heavy atom. The van der Waals surface area contributed by atoms with Gasteiger partial charge in [0, 0.05) is 16.6 Å². The standard InChI is InChI=1S/C13H14N2OS/c1-7-6-8(2)15-12-10(16-3)5-4-9(11(7)12)13(14)17/h4-6H,1-3H3,(H2,14,17). The second-order valence-corrected chi connectivity index (χ2v) is 4.42. The number of rotatable bonds is 2. The third-order valence-corrected chi connectivity index (χ3v) is 2.95. The third-order valence-electron chi connectivity index (χ3n) is 2.73. The van der Waals surface area contributed by atoms with Crippen LogP contribution in [0.2, 0.25) is 0 Å². The Kier molecular flexibility index (Phi) is 2.98. The van der Waals surface area contributed by atoms with Crippen LogP contribution >= 0.6 is 12.2 Å². The molecule has 0 fully saturated rings. The van der Waals surface area contributed by atoms with Gasteiger partial charge in [-0.2, -0.15) is 0 Å². The zero-order valence-electron chi connectivity index (χ0n) is 10.1. The summed E-state index contributed by atoms with van der Waals surface area (Å²) in [6.45, 7) is 3.98. The van der Waals surface area contributed by atoms with Gasteiger partial charge in [-0.1, -0.05) is 12.2 Å². The van der Waals surface area contributed by atoms with Crippen molar-refractivity contribution >= 4 is 28.1 Å². The van der Waals surface area contributed by atoms with Crippen molar-refractivity contribution in [2.75, 3.05) is 7.11 Å². The van der Waals surface area contributed by atoms with E-state index in [-0.39, 0.29) is 0 Å². The van der Waals surface area contributed by atoms with E-state index in [4.69, 9.17) is 22.7 Å². The molecule has 88 valence electrons. The molecular weight excluding hydrogens is 232 g/mol. The molecule has 0 bridgehead atoms. The average molecular weight is 246 g/mol. The van der Waals surface area contributed by atoms with Gasteiger partial charge in [-0.25, -0.2) is 4.98 Å². The van der Waals surface area contributed by atoms with Crippen LogP contribution in [0.25, 0.3) is 10.9 Å². The zero-order valence-corrected chi connectivity index (χ0v) is 10.9. The normalized spacial score (nSPS) is 10.5. The summed E-state index contributed by atoms with van der Waals surface area (Å²) in [7, 11) is 1.63. The van der Waals surface area contributed by atoms with Crippen LogP contribution in [0, 0.1) is 13.8 Å². The van der Waals surface area contributed by atoms with Crippen LogP contribution in [0.15, 0.2) is 18.2 Å². The molecule has 1 heterocycles. The quantitative estimate of drug-likeness (QED) is 0.827. The topological polar surface area (TPSA) is 48.1 Å². The summed E-state index contributed by atoms with van der Waals surface area (Å²) in [6, 6.07) is 5.75. The second kappa shape index (κ2) is 4.30. The van der Waals surface area contributed by atoms with E-state index < -0.39 is 0 Å². The highest BCUT2D eigenvalue weighted by atomic mass is 32.1. The maximum atomic E-state index is 5.74. The minimum atomic E-state index is 0.381. The number of nitrogens with zero attached hydrogens (tertiary/aromatic N) is 1. The fourth-order valence-electron chi connectivity index (χ4n) is 2.05. The molecule has 3 nitrogen and oxygen atoms in total. The van der Waals surface area contributed by atoms with E-state index in [9.17, 15) is 0 Å². The number of hydrogen-bond donors (Lipinski definition) is 1. The van der Waals surface area contributed by atoms with Crippen molar-refractivity contribution in [3.05, 3.63) is 35.0 Å². The van der Waals surface area contributed by atoms with Crippen LogP contribution in [0.1, 0.15) is 16.8 Å². The number of nitrogens with two attached hydrogens (primary N) is 1. The number of aromatic nitrogens is 1. The van der Waals surface area contributed by atoms with Crippen LogP contribution in [0.3, 0.4) is 0 Å². The van der Waals surface area contributed by atoms with E-state index in [1.807, 2.05) is 32.0 Å². The van der Waals surface area contributed by atoms with Gasteiger partial charge in [-0.3, -0.25) is 0 Å². The maximum absolute atomic E-state index is 5.74. The van der Waals surface area contributed by atoms with E-state index in [0.29, 0.717) is 4.99 Å². The molecule has 0 spiro atoms. The van der Waals surface area contributed by atoms with Gasteiger partial charge in [0.25, 0.3) is 0 Å². The lowest BCUT2D eigenvalue weighted by Crippen LogP contribution is -2.11. The molecule has 2 N–H and O–H groups in total. The van der Waals surface area contributed by atoms with Crippen LogP contribution in [0.4, 0.5) is 0 Å². The third kappa shape index (κ3) is 1.96. The Morgan fingerprint density at radius 3 is 2.65 bits per heavy atom. The van der Waals surface area contributed by atoms with Gasteiger partial charge in [-0.05, 0) is 37.6 Å². The number of methoxy groups -OCH3 is 1. The Hall–Kier alpha value is -1.68. The minimum absolute atomic E-state index is 0.381. The molecule has 0 aliphatic rings. The molecule has 0 unspecified atom stereocenters. The first-order valence-electron chi connectivity index (χ1n) is 5.29. The summed E-state index contributed by atoms with van der Waals surface area (Å²) >= 11 is 5.07. The molecular formula is C13H14N2OS. The molecule has 4 heteroatoms. The molecule has 2 rings (SSSR count). The summed E-state index contributed by atoms with van der Waals surface area (Å²) in [5.74, 6) is 0.742. The minimum Gasteiger partial charge on any atom is -0.494 e. The van der Waals surface area contributed by atoms with Gasteiger partial charge in [-0.15, -0.1) is 0 Å². The highest BCUT2D eigenvalue weighted by Gasteiger charge is 2.12. The first kappa shape index (κ1) is 11.8. The number of thiocarbonyl (C=S) groups is 1. The average Bonchev–Trinajstić information content (AvgIpc) is 2.27. The summed E-state index contributed by atoms with van der Waals surface area (Å²) < 4.78 is 5.33. The van der Waals surface area contributed by atoms with Crippen molar-refractivity contribution in [3.8, 4) is 5.75 Å². The lowest BCUT2D eigenvalue weighted by atomic mass is 10.0. The fourth-order valence-corrected chi connectivity index (χ4v) is 2.22. The van der Waals surface area contributed by atoms with Crippen molar-refractivity contribution in [2.24, 2.45) is 5.73 Å². The van der Waals surface area contributed by atoms with Crippen LogP contribution in [0.5, 0.6) is 5.75 Å². The monoisotopic (exact) mass is 246 g/mol. The van der Waals surface area contributed by atoms with Gasteiger partial charge in [0.15, 0.2) is 0 Å². The number of aryl methyl sites for hydroxylation is 2. The van der Waals surface area contributed by atoms with Gasteiger partial charge in [0.05, 0.1) is 7.11 Å². The van der Waals surface area contributed by atoms with E-state index in [2.05, 4.69) is 4.98 Å². The van der Waals surface area contributed by atoms with Crippen molar-refractivity contribution in [1.29, 1.82) is 0 Å². The number of benzene rings is 1. The fraction of sp³-hybridized carbons (Fsp3) is 0.231. The second-order valence-electron chi connectivity index (χ2n) is 3.98. The summed E-state index contributed by atoms with van der Waals surface area (Å²) in [4.78, 5) is 4.89. The van der Waals surface area contributed by atoms with Crippen LogP contribution < -0.4 is 10.5 Å². The Labute approximate surface area is 106 Å². The lowest BCUT2D eigenvalue weighted by Gasteiger charge is -2.12. The molecule has 17 heavy (non-hydrogen) atoms. The van der Waals surface area contributed by atoms with Crippen molar-refractivity contribution in [1.82, 2.24) is 4.98 Å². The van der Waals surface area contributed by atoms with Crippen LogP contribution in [-0.4, -0.2) is 17.1 Å². The Bertz CT molecular complexity index is 608. The summed E-state index contributed by atoms with van der Waals surface area (Å²) in [5.41, 5.74) is 9.46. The Balaban J connectivity index is 2.95. The first-order valence-corrected chi connectivity index (χ1v) is 5.70. The molecule has 0 saturated carbocycles. The molecule has 0 radical (unpaired) electrons. The smallest absolute Gasteiger partial charge is 0.145 e. The molecule has 1 aromatic carbocycles. The molecule has 0 amide bonds. The SMILES string of the molecule is COc1ccc(C(N)=S)c2c(C)cc(C)nc12. The lowest BCUT2D eigenvalue weighted by molar-refractivity contribution is 0.419. The van der Waals surface area contributed by atoms with Gasteiger partial charge < -0.3 is 10.5 Å². The van der Waals surface area contributed by atoms with Crippen molar-refractivity contribution < 1.29 is 4.74 Å². The van der Waals surface area contributed by atoms with E-state index >= 15 is 0 Å². The van der Waals surface area contributed by atoms with E-state index in [1.54, 1.807) is 7.11 Å². The Morgan fingerprint density at radius 2 is 2.06 bits per heavy atom. The molecule has 0 atom stereocenters. The number of hydrogen-bond acceptors (Lipinski definition) is 3. The van der Waals surface area contributed by atoms with Gasteiger partial charge >= 0.3 is 0 Å². The molecule has 2 aromatic rings. The van der Waals surface area contributed by atoms with Crippen molar-refractivity contribution in [3.63, 3.8) is 0 Å². The predicted molar refractivity (Wildman–Crippen MR) is 73.7 cm³/mol. The zero-order chi connectivity index (χ0) is 12.6. The van der Waals surface area contributed by atoms with Gasteiger partial charge in [0.1, 0.15) is 16.3 Å².